The van der Waals surface area contributed by atoms with Gasteiger partial charge in [-0.05, 0) is 48.9 Å². The van der Waals surface area contributed by atoms with Gasteiger partial charge in [0, 0.05) is 26.5 Å². The molecule has 1 aromatic heterocycles. The van der Waals surface area contributed by atoms with Crippen molar-refractivity contribution in [1.82, 2.24) is 9.66 Å². The number of benzene rings is 3. The molecule has 4 rings (SSSR count). The molecule has 0 atom stereocenters. The normalized spacial score (nSPS) is 11.1. The number of fused-ring (bicyclic) bond motifs is 1. The molecule has 0 aliphatic heterocycles. The maximum atomic E-state index is 13.2. The minimum Gasteiger partial charge on any atom is -0.488 e. The van der Waals surface area contributed by atoms with Crippen LogP contribution in [0.15, 0.2) is 79.5 Å². The van der Waals surface area contributed by atoms with E-state index in [-0.39, 0.29) is 12.2 Å². The zero-order valence-corrected chi connectivity index (χ0v) is 21.5. The molecule has 1 heterocycles. The minimum atomic E-state index is -0.230. The van der Waals surface area contributed by atoms with E-state index in [0.29, 0.717) is 40.0 Å². The number of ether oxygens (including phenoxy) is 1. The molecule has 0 saturated heterocycles. The van der Waals surface area contributed by atoms with E-state index in [9.17, 15) is 10.1 Å². The van der Waals surface area contributed by atoms with Crippen molar-refractivity contribution >= 4 is 49.0 Å². The average molecular weight is 580 g/mol. The Labute approximate surface area is 213 Å². The minimum absolute atomic E-state index is 0.230. The summed E-state index contributed by atoms with van der Waals surface area (Å²) in [5, 5.41) is 14.3. The Morgan fingerprint density at radius 1 is 1.12 bits per heavy atom. The van der Waals surface area contributed by atoms with E-state index < -0.39 is 0 Å². The third-order valence-electron chi connectivity index (χ3n) is 5.15. The molecule has 0 bridgehead atoms. The van der Waals surface area contributed by atoms with Crippen LogP contribution in [0.4, 0.5) is 0 Å². The Bertz CT molecular complexity index is 1490. The van der Waals surface area contributed by atoms with Crippen LogP contribution < -0.4 is 10.3 Å². The molecule has 0 fully saturated rings. The first-order valence-corrected chi connectivity index (χ1v) is 12.2. The van der Waals surface area contributed by atoms with E-state index >= 15 is 0 Å². The number of aromatic nitrogens is 2. The molecule has 0 aliphatic rings. The summed E-state index contributed by atoms with van der Waals surface area (Å²) >= 11 is 6.91. The van der Waals surface area contributed by atoms with Crippen LogP contribution in [0.1, 0.15) is 35.9 Å². The number of aryl methyl sites for hydroxylation is 1. The van der Waals surface area contributed by atoms with Crippen molar-refractivity contribution in [2.45, 2.75) is 26.4 Å². The van der Waals surface area contributed by atoms with Crippen molar-refractivity contribution in [2.24, 2.45) is 5.10 Å². The van der Waals surface area contributed by atoms with E-state index in [2.05, 4.69) is 48.0 Å². The highest BCUT2D eigenvalue weighted by Gasteiger charge is 2.11. The van der Waals surface area contributed by atoms with Crippen LogP contribution in [0.25, 0.3) is 10.9 Å². The van der Waals surface area contributed by atoms with Crippen molar-refractivity contribution < 1.29 is 4.74 Å². The summed E-state index contributed by atoms with van der Waals surface area (Å²) in [7, 11) is 0. The van der Waals surface area contributed by atoms with Crippen LogP contribution >= 0.6 is 31.9 Å². The smallest absolute Gasteiger partial charge is 0.282 e. The van der Waals surface area contributed by atoms with Crippen molar-refractivity contribution in [2.75, 3.05) is 0 Å². The number of rotatable bonds is 7. The number of nitrogens with zero attached hydrogens (tertiary/aromatic N) is 4. The molecular weight excluding hydrogens is 560 g/mol. The number of halogens is 2. The molecular formula is C26H20Br2N4O2. The van der Waals surface area contributed by atoms with Crippen LogP contribution in [0, 0.1) is 11.3 Å². The first-order valence-electron chi connectivity index (χ1n) is 10.7. The van der Waals surface area contributed by atoms with Crippen LogP contribution in [0.2, 0.25) is 0 Å². The molecule has 170 valence electrons. The van der Waals surface area contributed by atoms with Gasteiger partial charge in [-0.1, -0.05) is 57.0 Å². The van der Waals surface area contributed by atoms with Gasteiger partial charge in [-0.2, -0.15) is 15.0 Å². The van der Waals surface area contributed by atoms with E-state index in [0.717, 1.165) is 20.9 Å². The Morgan fingerprint density at radius 2 is 1.88 bits per heavy atom. The Kier molecular flexibility index (Phi) is 7.56. The number of nitriles is 1. The number of hydrogen-bond donors (Lipinski definition) is 0. The standard InChI is InChI=1S/C26H20Br2N4O2/c1-2-5-25-31-23-10-8-21(28)13-22(23)26(33)32(25)30-15-19-12-20(27)9-11-24(19)34-16-18-7-4-3-6-17(18)14-29/h3-4,6-13,15H,2,5,16H2,1H3. The quantitative estimate of drug-likeness (QED) is 0.244. The largest absolute Gasteiger partial charge is 0.488 e. The molecule has 34 heavy (non-hydrogen) atoms. The first kappa shape index (κ1) is 23.9. The van der Waals surface area contributed by atoms with Gasteiger partial charge in [-0.3, -0.25) is 4.79 Å². The van der Waals surface area contributed by atoms with Crippen LogP contribution in [-0.4, -0.2) is 15.9 Å². The van der Waals surface area contributed by atoms with Crippen molar-refractivity contribution in [1.29, 1.82) is 5.26 Å². The predicted molar refractivity (Wildman–Crippen MR) is 140 cm³/mol. The van der Waals surface area contributed by atoms with Gasteiger partial charge >= 0.3 is 0 Å². The molecule has 8 heteroatoms. The highest BCUT2D eigenvalue weighted by Crippen LogP contribution is 2.24. The molecule has 0 radical (unpaired) electrons. The summed E-state index contributed by atoms with van der Waals surface area (Å²) in [5.41, 5.74) is 2.46. The highest BCUT2D eigenvalue weighted by molar-refractivity contribution is 9.10. The topological polar surface area (TPSA) is 80.3 Å². The van der Waals surface area contributed by atoms with Crippen LogP contribution in [0.5, 0.6) is 5.75 Å². The molecule has 6 nitrogen and oxygen atoms in total. The molecule has 0 amide bonds. The van der Waals surface area contributed by atoms with E-state index in [1.54, 1.807) is 18.3 Å². The van der Waals surface area contributed by atoms with Crippen LogP contribution in [0.3, 0.4) is 0 Å². The summed E-state index contributed by atoms with van der Waals surface area (Å²) in [6, 6.07) is 20.5. The zero-order valence-electron chi connectivity index (χ0n) is 18.3. The molecule has 3 aromatic carbocycles. The second-order valence-corrected chi connectivity index (χ2v) is 9.37. The molecule has 0 spiro atoms. The van der Waals surface area contributed by atoms with Crippen molar-refractivity contribution in [3.8, 4) is 11.8 Å². The molecule has 0 saturated carbocycles. The van der Waals surface area contributed by atoms with Gasteiger partial charge < -0.3 is 4.74 Å². The lowest BCUT2D eigenvalue weighted by atomic mass is 10.1. The Morgan fingerprint density at radius 3 is 2.68 bits per heavy atom. The summed E-state index contributed by atoms with van der Waals surface area (Å²) in [6.45, 7) is 2.27. The molecule has 0 unspecified atom stereocenters. The summed E-state index contributed by atoms with van der Waals surface area (Å²) in [5.74, 6) is 1.18. The third-order valence-corrected chi connectivity index (χ3v) is 6.14. The number of hydrogen-bond acceptors (Lipinski definition) is 5. The fourth-order valence-corrected chi connectivity index (χ4v) is 4.22. The zero-order chi connectivity index (χ0) is 24.1. The Balaban J connectivity index is 1.72. The SMILES string of the molecule is CCCc1nc2ccc(Br)cc2c(=O)n1N=Cc1cc(Br)ccc1OCc1ccccc1C#N. The fraction of sp³-hybridized carbons (Fsp3) is 0.154. The lowest BCUT2D eigenvalue weighted by Crippen LogP contribution is -2.22. The van der Waals surface area contributed by atoms with E-state index in [4.69, 9.17) is 4.74 Å². The van der Waals surface area contributed by atoms with Gasteiger partial charge in [0.15, 0.2) is 0 Å². The van der Waals surface area contributed by atoms with Gasteiger partial charge in [0.25, 0.3) is 5.56 Å². The van der Waals surface area contributed by atoms with Gasteiger partial charge in [0.05, 0.1) is 28.8 Å². The summed E-state index contributed by atoms with van der Waals surface area (Å²) in [4.78, 5) is 17.9. The lowest BCUT2D eigenvalue weighted by Gasteiger charge is -2.11. The third kappa shape index (κ3) is 5.27. The highest BCUT2D eigenvalue weighted by atomic mass is 79.9. The van der Waals surface area contributed by atoms with Gasteiger partial charge in [-0.15, -0.1) is 0 Å². The Hall–Kier alpha value is -3.28. The van der Waals surface area contributed by atoms with E-state index in [1.807, 2.05) is 55.5 Å². The fourth-order valence-electron chi connectivity index (χ4n) is 3.48. The summed E-state index contributed by atoms with van der Waals surface area (Å²) < 4.78 is 9.04. The van der Waals surface area contributed by atoms with Gasteiger partial charge in [0.2, 0.25) is 0 Å². The molecule has 0 N–H and O–H groups in total. The predicted octanol–water partition coefficient (Wildman–Crippen LogP) is 6.21. The second-order valence-electron chi connectivity index (χ2n) is 7.54. The van der Waals surface area contributed by atoms with Gasteiger partial charge in [-0.25, -0.2) is 4.98 Å². The molecule has 0 aliphatic carbocycles. The second kappa shape index (κ2) is 10.8. The van der Waals surface area contributed by atoms with Crippen LogP contribution in [-0.2, 0) is 13.0 Å². The van der Waals surface area contributed by atoms with Crippen molar-refractivity contribution in [3.05, 3.63) is 102 Å². The first-order chi connectivity index (χ1) is 16.5. The van der Waals surface area contributed by atoms with Gasteiger partial charge in [0.1, 0.15) is 18.2 Å². The average Bonchev–Trinajstić information content (AvgIpc) is 2.84. The maximum Gasteiger partial charge on any atom is 0.282 e. The van der Waals surface area contributed by atoms with Crippen molar-refractivity contribution in [3.63, 3.8) is 0 Å². The maximum absolute atomic E-state index is 13.2. The lowest BCUT2D eigenvalue weighted by molar-refractivity contribution is 0.305. The molecule has 4 aromatic rings. The monoisotopic (exact) mass is 578 g/mol. The summed E-state index contributed by atoms with van der Waals surface area (Å²) in [6.07, 6.45) is 3.04. The van der Waals surface area contributed by atoms with E-state index in [1.165, 1.54) is 4.68 Å².